The molecule has 0 saturated carbocycles. The number of benzene rings is 2. The third-order valence-corrected chi connectivity index (χ3v) is 6.99. The highest BCUT2D eigenvalue weighted by molar-refractivity contribution is 7.16. The lowest BCUT2D eigenvalue weighted by molar-refractivity contribution is 0.102. The van der Waals surface area contributed by atoms with Crippen molar-refractivity contribution in [1.29, 1.82) is 0 Å². The van der Waals surface area contributed by atoms with Crippen LogP contribution in [-0.4, -0.2) is 18.7 Å². The van der Waals surface area contributed by atoms with Crippen molar-refractivity contribution in [3.05, 3.63) is 88.3 Å². The molecule has 170 valence electrons. The first-order valence-electron chi connectivity index (χ1n) is 11.5. The molecule has 0 unspecified atom stereocenters. The number of aryl methyl sites for hydroxylation is 2. The molecule has 0 spiro atoms. The lowest BCUT2D eigenvalue weighted by Gasteiger charge is -2.12. The molecule has 0 fully saturated rings. The van der Waals surface area contributed by atoms with Crippen LogP contribution in [0.2, 0.25) is 0 Å². The van der Waals surface area contributed by atoms with E-state index in [-0.39, 0.29) is 5.91 Å². The zero-order valence-corrected chi connectivity index (χ0v) is 19.9. The fourth-order valence-corrected chi connectivity index (χ4v) is 5.29. The molecule has 0 bridgehead atoms. The van der Waals surface area contributed by atoms with Crippen molar-refractivity contribution in [1.82, 2.24) is 0 Å². The van der Waals surface area contributed by atoms with Gasteiger partial charge < -0.3 is 10.1 Å². The quantitative estimate of drug-likeness (QED) is 0.299. The van der Waals surface area contributed by atoms with Crippen molar-refractivity contribution in [3.8, 4) is 5.75 Å². The molecule has 0 saturated heterocycles. The van der Waals surface area contributed by atoms with Crippen LogP contribution in [0.15, 0.2) is 66.2 Å². The summed E-state index contributed by atoms with van der Waals surface area (Å²) >= 11 is 1.65. The number of anilines is 1. The number of hydrogen-bond donors (Lipinski definition) is 1. The summed E-state index contributed by atoms with van der Waals surface area (Å²) in [5.41, 5.74) is 4.74. The van der Waals surface area contributed by atoms with Crippen molar-refractivity contribution >= 4 is 34.1 Å². The van der Waals surface area contributed by atoms with Crippen LogP contribution in [0.3, 0.4) is 0 Å². The summed E-state index contributed by atoms with van der Waals surface area (Å²) in [4.78, 5) is 19.6. The van der Waals surface area contributed by atoms with E-state index in [0.29, 0.717) is 6.61 Å². The molecule has 0 aliphatic heterocycles. The van der Waals surface area contributed by atoms with E-state index >= 15 is 0 Å². The number of ether oxygens (including phenoxy) is 1. The van der Waals surface area contributed by atoms with Gasteiger partial charge in [0.1, 0.15) is 17.4 Å². The Morgan fingerprint density at radius 2 is 1.85 bits per heavy atom. The molecule has 4 rings (SSSR count). The van der Waals surface area contributed by atoms with Gasteiger partial charge in [-0.25, -0.2) is 4.99 Å². The summed E-state index contributed by atoms with van der Waals surface area (Å²) in [6.07, 6.45) is 10.2. The van der Waals surface area contributed by atoms with Gasteiger partial charge in [0.15, 0.2) is 0 Å². The Morgan fingerprint density at radius 1 is 1.09 bits per heavy atom. The second-order valence-electron chi connectivity index (χ2n) is 8.31. The van der Waals surface area contributed by atoms with Gasteiger partial charge >= 0.3 is 0 Å². The van der Waals surface area contributed by atoms with E-state index < -0.39 is 0 Å². The van der Waals surface area contributed by atoms with Crippen molar-refractivity contribution in [3.63, 3.8) is 0 Å². The van der Waals surface area contributed by atoms with Crippen LogP contribution in [-0.2, 0) is 12.8 Å². The number of nitrogens with one attached hydrogen (secondary N) is 1. The number of thiophene rings is 1. The minimum absolute atomic E-state index is 0.0831. The van der Waals surface area contributed by atoms with Gasteiger partial charge in [0.25, 0.3) is 5.91 Å². The first-order chi connectivity index (χ1) is 16.2. The fourth-order valence-electron chi connectivity index (χ4n) is 4.06. The summed E-state index contributed by atoms with van der Waals surface area (Å²) < 4.78 is 5.77. The van der Waals surface area contributed by atoms with Crippen LogP contribution in [0, 0.1) is 6.92 Å². The smallest absolute Gasteiger partial charge is 0.259 e. The third-order valence-electron chi connectivity index (χ3n) is 5.79. The lowest BCUT2D eigenvalue weighted by Crippen LogP contribution is -2.14. The van der Waals surface area contributed by atoms with Crippen molar-refractivity contribution in [2.24, 2.45) is 4.99 Å². The summed E-state index contributed by atoms with van der Waals surface area (Å²) in [5.74, 6) is 0.669. The predicted molar refractivity (Wildman–Crippen MR) is 139 cm³/mol. The predicted octanol–water partition coefficient (Wildman–Crippen LogP) is 7.28. The SMILES string of the molecule is C=CCOc1ccccc1C=Nc1sc2c(c1C(=O)Nc1ccc(C)cc1)CCCCCC2. The molecular weight excluding hydrogens is 428 g/mol. The highest BCUT2D eigenvalue weighted by Gasteiger charge is 2.24. The molecule has 1 aliphatic rings. The topological polar surface area (TPSA) is 50.7 Å². The molecule has 0 radical (unpaired) electrons. The van der Waals surface area contributed by atoms with Gasteiger partial charge in [-0.2, -0.15) is 0 Å². The monoisotopic (exact) mass is 458 g/mol. The van der Waals surface area contributed by atoms with Gasteiger partial charge in [-0.3, -0.25) is 4.79 Å². The number of amides is 1. The number of carbonyl (C=O) groups is 1. The maximum absolute atomic E-state index is 13.5. The minimum atomic E-state index is -0.0831. The van der Waals surface area contributed by atoms with E-state index in [2.05, 4.69) is 11.9 Å². The van der Waals surface area contributed by atoms with Crippen LogP contribution in [0.1, 0.15) is 57.6 Å². The number of para-hydroxylation sites is 1. The van der Waals surface area contributed by atoms with Crippen LogP contribution < -0.4 is 10.1 Å². The molecule has 1 heterocycles. The molecule has 33 heavy (non-hydrogen) atoms. The van der Waals surface area contributed by atoms with Crippen molar-refractivity contribution in [2.75, 3.05) is 11.9 Å². The summed E-state index contributed by atoms with van der Waals surface area (Å²) in [7, 11) is 0. The summed E-state index contributed by atoms with van der Waals surface area (Å²) in [6, 6.07) is 15.7. The average Bonchev–Trinajstić information content (AvgIpc) is 3.14. The standard InChI is InChI=1S/C28H30N2O2S/c1-3-18-32-24-12-9-8-10-21(24)19-29-28-26(23-11-6-4-5-7-13-25(23)33-28)27(31)30-22-16-14-20(2)15-17-22/h3,8-10,12,14-17,19H,1,4-7,11,13,18H2,2H3,(H,30,31). The second kappa shape index (κ2) is 11.1. The summed E-state index contributed by atoms with van der Waals surface area (Å²) in [6.45, 7) is 6.19. The molecule has 1 aliphatic carbocycles. The van der Waals surface area contributed by atoms with Gasteiger partial charge in [-0.1, -0.05) is 55.3 Å². The Balaban J connectivity index is 1.69. The third kappa shape index (κ3) is 5.79. The zero-order valence-electron chi connectivity index (χ0n) is 19.1. The fraction of sp³-hybridized carbons (Fsp3) is 0.286. The van der Waals surface area contributed by atoms with Crippen molar-refractivity contribution < 1.29 is 9.53 Å². The molecule has 2 aromatic carbocycles. The minimum Gasteiger partial charge on any atom is -0.489 e. The molecular formula is C28H30N2O2S. The van der Waals surface area contributed by atoms with Crippen LogP contribution in [0.4, 0.5) is 10.7 Å². The van der Waals surface area contributed by atoms with E-state index in [4.69, 9.17) is 9.73 Å². The van der Waals surface area contributed by atoms with Gasteiger partial charge in [0.05, 0.1) is 5.56 Å². The van der Waals surface area contributed by atoms with E-state index in [1.807, 2.05) is 55.5 Å². The number of aliphatic imine (C=N–C) groups is 1. The maximum atomic E-state index is 13.5. The maximum Gasteiger partial charge on any atom is 0.259 e. The highest BCUT2D eigenvalue weighted by atomic mass is 32.1. The second-order valence-corrected chi connectivity index (χ2v) is 9.40. The first-order valence-corrected chi connectivity index (χ1v) is 12.4. The van der Waals surface area contributed by atoms with Gasteiger partial charge in [0, 0.05) is 22.3 Å². The zero-order chi connectivity index (χ0) is 23.0. The number of nitrogens with zero attached hydrogens (tertiary/aromatic N) is 1. The molecule has 4 nitrogen and oxygen atoms in total. The lowest BCUT2D eigenvalue weighted by atomic mass is 9.96. The van der Waals surface area contributed by atoms with E-state index in [1.165, 1.54) is 23.3 Å². The highest BCUT2D eigenvalue weighted by Crippen LogP contribution is 2.39. The molecule has 1 aromatic heterocycles. The number of carbonyl (C=O) groups excluding carboxylic acids is 1. The Labute approximate surface area is 200 Å². The van der Waals surface area contributed by atoms with E-state index in [0.717, 1.165) is 58.8 Å². The van der Waals surface area contributed by atoms with Gasteiger partial charge in [0.2, 0.25) is 0 Å². The summed E-state index contributed by atoms with van der Waals surface area (Å²) in [5, 5.41) is 3.86. The normalized spacial score (nSPS) is 13.7. The number of rotatable bonds is 7. The van der Waals surface area contributed by atoms with Crippen molar-refractivity contribution in [2.45, 2.75) is 45.4 Å². The van der Waals surface area contributed by atoms with E-state index in [9.17, 15) is 4.79 Å². The number of fused-ring (bicyclic) bond motifs is 1. The molecule has 5 heteroatoms. The Kier molecular flexibility index (Phi) is 7.74. The first kappa shape index (κ1) is 23.0. The molecule has 3 aromatic rings. The Morgan fingerprint density at radius 3 is 2.64 bits per heavy atom. The van der Waals surface area contributed by atoms with Crippen LogP contribution in [0.5, 0.6) is 5.75 Å². The average molecular weight is 459 g/mol. The van der Waals surface area contributed by atoms with Gasteiger partial charge in [-0.15, -0.1) is 11.3 Å². The molecule has 0 atom stereocenters. The Hall–Kier alpha value is -3.18. The van der Waals surface area contributed by atoms with Gasteiger partial charge in [-0.05, 0) is 62.4 Å². The van der Waals surface area contributed by atoms with Crippen LogP contribution >= 0.6 is 11.3 Å². The molecule has 1 amide bonds. The largest absolute Gasteiger partial charge is 0.489 e. The number of hydrogen-bond acceptors (Lipinski definition) is 4. The Bertz CT molecular complexity index is 1150. The van der Waals surface area contributed by atoms with Crippen LogP contribution in [0.25, 0.3) is 0 Å². The van der Waals surface area contributed by atoms with E-state index in [1.54, 1.807) is 23.6 Å². The molecule has 1 N–H and O–H groups in total.